The lowest BCUT2D eigenvalue weighted by Gasteiger charge is -2.24. The van der Waals surface area contributed by atoms with Crippen molar-refractivity contribution in [3.05, 3.63) is 0 Å². The fraction of sp³-hybridized carbons (Fsp3) is 1.00. The van der Waals surface area contributed by atoms with Gasteiger partial charge in [-0.3, -0.25) is 0 Å². The summed E-state index contributed by atoms with van der Waals surface area (Å²) in [5.74, 6) is 0. The number of hydrogen-bond acceptors (Lipinski definition) is 3. The van der Waals surface area contributed by atoms with Crippen molar-refractivity contribution in [3.8, 4) is 0 Å². The lowest BCUT2D eigenvalue weighted by Crippen LogP contribution is -2.39. The Morgan fingerprint density at radius 2 is 1.87 bits per heavy atom. The van der Waals surface area contributed by atoms with Crippen LogP contribution >= 0.6 is 0 Å². The van der Waals surface area contributed by atoms with Crippen molar-refractivity contribution < 1.29 is 0 Å². The zero-order chi connectivity index (χ0) is 10.5. The molecule has 0 radical (unpaired) electrons. The minimum absolute atomic E-state index is 0.776. The Balaban J connectivity index is 1.72. The zero-order valence-corrected chi connectivity index (χ0v) is 10.0. The van der Waals surface area contributed by atoms with Crippen LogP contribution in [0.15, 0.2) is 0 Å². The highest BCUT2D eigenvalue weighted by atomic mass is 15.2. The molecular formula is C12H25N3. The van der Waals surface area contributed by atoms with E-state index in [4.69, 9.17) is 0 Å². The maximum Gasteiger partial charge on any atom is 0.0195 e. The normalized spacial score (nSPS) is 30.6. The van der Waals surface area contributed by atoms with E-state index in [0.717, 1.165) is 6.04 Å². The van der Waals surface area contributed by atoms with Gasteiger partial charge in [0.25, 0.3) is 0 Å². The maximum atomic E-state index is 3.59. The topological polar surface area (TPSA) is 18.5 Å². The second kappa shape index (κ2) is 5.83. The molecule has 3 heteroatoms. The van der Waals surface area contributed by atoms with Crippen LogP contribution in [0.3, 0.4) is 0 Å². The molecule has 0 amide bonds. The molecule has 1 N–H and O–H groups in total. The van der Waals surface area contributed by atoms with Crippen molar-refractivity contribution in [1.29, 1.82) is 0 Å². The van der Waals surface area contributed by atoms with E-state index in [-0.39, 0.29) is 0 Å². The molecule has 2 heterocycles. The molecule has 1 atom stereocenters. The van der Waals surface area contributed by atoms with Gasteiger partial charge < -0.3 is 15.1 Å². The molecular weight excluding hydrogens is 186 g/mol. The van der Waals surface area contributed by atoms with Crippen LogP contribution in [0.25, 0.3) is 0 Å². The van der Waals surface area contributed by atoms with E-state index in [1.807, 2.05) is 0 Å². The summed E-state index contributed by atoms with van der Waals surface area (Å²) in [4.78, 5) is 5.22. The summed E-state index contributed by atoms with van der Waals surface area (Å²) in [6, 6.07) is 0.776. The highest BCUT2D eigenvalue weighted by Gasteiger charge is 2.19. The first-order valence-electron chi connectivity index (χ1n) is 6.56. The molecule has 88 valence electrons. The summed E-state index contributed by atoms with van der Waals surface area (Å²) in [6.45, 7) is 11.1. The van der Waals surface area contributed by atoms with E-state index in [2.05, 4.69) is 22.0 Å². The van der Waals surface area contributed by atoms with Gasteiger partial charge in [0.2, 0.25) is 0 Å². The Hall–Kier alpha value is -0.120. The third-order valence-corrected chi connectivity index (χ3v) is 3.77. The van der Waals surface area contributed by atoms with Gasteiger partial charge >= 0.3 is 0 Å². The maximum absolute atomic E-state index is 3.59. The summed E-state index contributed by atoms with van der Waals surface area (Å²) in [5, 5.41) is 3.59. The van der Waals surface area contributed by atoms with Crippen LogP contribution in [-0.4, -0.2) is 61.7 Å². The van der Waals surface area contributed by atoms with Crippen molar-refractivity contribution in [3.63, 3.8) is 0 Å². The summed E-state index contributed by atoms with van der Waals surface area (Å²) >= 11 is 0. The molecule has 0 aromatic rings. The van der Waals surface area contributed by atoms with Crippen LogP contribution in [-0.2, 0) is 0 Å². The van der Waals surface area contributed by atoms with Gasteiger partial charge in [-0.1, -0.05) is 6.92 Å². The molecule has 2 saturated heterocycles. The van der Waals surface area contributed by atoms with Gasteiger partial charge in [-0.05, 0) is 45.4 Å². The van der Waals surface area contributed by atoms with Gasteiger partial charge in [0.1, 0.15) is 0 Å². The van der Waals surface area contributed by atoms with Crippen LogP contribution in [0.2, 0.25) is 0 Å². The van der Waals surface area contributed by atoms with Gasteiger partial charge in [-0.25, -0.2) is 0 Å². The quantitative estimate of drug-likeness (QED) is 0.744. The van der Waals surface area contributed by atoms with Crippen LogP contribution in [0.4, 0.5) is 0 Å². The zero-order valence-electron chi connectivity index (χ0n) is 10.0. The van der Waals surface area contributed by atoms with Crippen molar-refractivity contribution in [1.82, 2.24) is 15.1 Å². The Kier molecular flexibility index (Phi) is 4.42. The number of nitrogens with zero attached hydrogens (tertiary/aromatic N) is 2. The van der Waals surface area contributed by atoms with Crippen LogP contribution in [0.5, 0.6) is 0 Å². The Morgan fingerprint density at radius 3 is 2.60 bits per heavy atom. The van der Waals surface area contributed by atoms with Gasteiger partial charge in [0.15, 0.2) is 0 Å². The molecule has 0 aromatic carbocycles. The summed E-state index contributed by atoms with van der Waals surface area (Å²) in [5.41, 5.74) is 0. The second-order valence-electron chi connectivity index (χ2n) is 4.88. The standard InChI is InChI=1S/C12H25N3/c1-2-14-7-4-8-15(10-9-14)11-12-5-3-6-13-12/h12-13H,2-11H2,1H3. The molecule has 0 saturated carbocycles. The van der Waals surface area contributed by atoms with E-state index < -0.39 is 0 Å². The minimum atomic E-state index is 0.776. The van der Waals surface area contributed by atoms with Gasteiger partial charge in [-0.15, -0.1) is 0 Å². The highest BCUT2D eigenvalue weighted by molar-refractivity contribution is 4.79. The molecule has 0 aromatic heterocycles. The smallest absolute Gasteiger partial charge is 0.0195 e. The molecule has 15 heavy (non-hydrogen) atoms. The average Bonchev–Trinajstić information content (AvgIpc) is 2.64. The second-order valence-corrected chi connectivity index (χ2v) is 4.88. The third kappa shape index (κ3) is 3.44. The lowest BCUT2D eigenvalue weighted by atomic mass is 10.2. The van der Waals surface area contributed by atoms with E-state index in [0.29, 0.717) is 0 Å². The van der Waals surface area contributed by atoms with Crippen molar-refractivity contribution in [2.24, 2.45) is 0 Å². The molecule has 2 aliphatic heterocycles. The first kappa shape index (κ1) is 11.4. The number of nitrogens with one attached hydrogen (secondary N) is 1. The Morgan fingerprint density at radius 1 is 1.07 bits per heavy atom. The molecule has 2 fully saturated rings. The number of likely N-dealkylation sites (N-methyl/N-ethyl adjacent to an activating group) is 1. The Bertz CT molecular complexity index is 178. The molecule has 2 rings (SSSR count). The van der Waals surface area contributed by atoms with Gasteiger partial charge in [-0.2, -0.15) is 0 Å². The number of rotatable bonds is 3. The molecule has 0 aliphatic carbocycles. The van der Waals surface area contributed by atoms with E-state index >= 15 is 0 Å². The predicted molar refractivity (Wildman–Crippen MR) is 64.2 cm³/mol. The average molecular weight is 211 g/mol. The predicted octanol–water partition coefficient (Wildman–Crippen LogP) is 0.766. The molecule has 0 bridgehead atoms. The van der Waals surface area contributed by atoms with E-state index in [9.17, 15) is 0 Å². The molecule has 2 aliphatic rings. The summed E-state index contributed by atoms with van der Waals surface area (Å²) in [6.07, 6.45) is 4.11. The van der Waals surface area contributed by atoms with E-state index in [1.54, 1.807) is 0 Å². The monoisotopic (exact) mass is 211 g/mol. The van der Waals surface area contributed by atoms with Crippen molar-refractivity contribution in [2.45, 2.75) is 32.2 Å². The molecule has 3 nitrogen and oxygen atoms in total. The van der Waals surface area contributed by atoms with Crippen LogP contribution in [0, 0.1) is 0 Å². The largest absolute Gasteiger partial charge is 0.313 e. The minimum Gasteiger partial charge on any atom is -0.313 e. The SMILES string of the molecule is CCN1CCCN(CC2CCCN2)CC1. The Labute approximate surface area is 93.8 Å². The van der Waals surface area contributed by atoms with Gasteiger partial charge in [0, 0.05) is 25.7 Å². The van der Waals surface area contributed by atoms with Crippen LogP contribution in [0.1, 0.15) is 26.2 Å². The summed E-state index contributed by atoms with van der Waals surface area (Å²) in [7, 11) is 0. The molecule has 0 spiro atoms. The van der Waals surface area contributed by atoms with Crippen LogP contribution < -0.4 is 5.32 Å². The summed E-state index contributed by atoms with van der Waals surface area (Å²) < 4.78 is 0. The first-order valence-corrected chi connectivity index (χ1v) is 6.56. The first-order chi connectivity index (χ1) is 7.38. The van der Waals surface area contributed by atoms with E-state index in [1.165, 1.54) is 65.1 Å². The highest BCUT2D eigenvalue weighted by Crippen LogP contribution is 2.09. The number of hydrogen-bond donors (Lipinski definition) is 1. The fourth-order valence-corrected chi connectivity index (χ4v) is 2.75. The molecule has 1 unspecified atom stereocenters. The van der Waals surface area contributed by atoms with Crippen molar-refractivity contribution in [2.75, 3.05) is 45.8 Å². The fourth-order valence-electron chi connectivity index (χ4n) is 2.75. The van der Waals surface area contributed by atoms with Crippen molar-refractivity contribution >= 4 is 0 Å². The lowest BCUT2D eigenvalue weighted by molar-refractivity contribution is 0.246. The van der Waals surface area contributed by atoms with Gasteiger partial charge in [0.05, 0.1) is 0 Å². The third-order valence-electron chi connectivity index (χ3n) is 3.77.